The summed E-state index contributed by atoms with van der Waals surface area (Å²) in [6.45, 7) is 9.60. The molecule has 6 aliphatic rings. The molecular weight excluding hydrogens is 371 g/mol. The van der Waals surface area contributed by atoms with Gasteiger partial charge < -0.3 is 44.9 Å². The fourth-order valence-corrected chi connectivity index (χ4v) is 7.46. The zero-order chi connectivity index (χ0) is 16.1. The lowest BCUT2D eigenvalue weighted by Gasteiger charge is -2.38. The van der Waals surface area contributed by atoms with Crippen molar-refractivity contribution >= 4 is 0 Å². The molecule has 4 nitrogen and oxygen atoms in total. The van der Waals surface area contributed by atoms with E-state index >= 15 is 0 Å². The van der Waals surface area contributed by atoms with Crippen molar-refractivity contribution in [3.8, 4) is 0 Å². The average Bonchev–Trinajstić information content (AvgIpc) is 3.30. The third-order valence-electron chi connectivity index (χ3n) is 9.03. The Morgan fingerprint density at radius 3 is 1.00 bits per heavy atom. The highest BCUT2D eigenvalue weighted by Gasteiger charge is 2.63. The van der Waals surface area contributed by atoms with Crippen molar-refractivity contribution in [3.63, 3.8) is 0 Å². The van der Waals surface area contributed by atoms with Gasteiger partial charge in [0.25, 0.3) is 0 Å². The van der Waals surface area contributed by atoms with E-state index in [4.69, 9.17) is 9.47 Å². The number of halogens is 2. The van der Waals surface area contributed by atoms with Crippen LogP contribution >= 0.6 is 0 Å². The first-order valence-electron chi connectivity index (χ1n) is 10.5. The maximum absolute atomic E-state index is 5.72. The highest BCUT2D eigenvalue weighted by molar-refractivity contribution is 5.06. The first-order valence-corrected chi connectivity index (χ1v) is 10.5. The molecule has 2 saturated carbocycles. The number of nitrogens with two attached hydrogens (primary N) is 2. The van der Waals surface area contributed by atoms with Crippen LogP contribution in [0.5, 0.6) is 0 Å². The van der Waals surface area contributed by atoms with Crippen LogP contribution in [0.1, 0.15) is 51.4 Å². The topological polar surface area (TPSA) is 51.7 Å². The normalized spacial score (nSPS) is 48.0. The highest BCUT2D eigenvalue weighted by Crippen LogP contribution is 2.56. The van der Waals surface area contributed by atoms with Crippen molar-refractivity contribution in [2.24, 2.45) is 21.7 Å². The molecule has 6 rings (SSSR count). The summed E-state index contributed by atoms with van der Waals surface area (Å²) in [6.07, 6.45) is 11.5. The predicted molar refractivity (Wildman–Crippen MR) is 91.6 cm³/mol. The van der Waals surface area contributed by atoms with Gasteiger partial charge in [0.15, 0.2) is 0 Å². The van der Waals surface area contributed by atoms with Gasteiger partial charge in [-0.1, -0.05) is 25.7 Å². The standard InChI is InChI=1S/2C10H17NO.2ClH/c2*1-2-4-10-6-11-5-9(10,3-1)7-12-8-10;;/h2*11H,1-8H2;2*1H/t2*9-,10+;;. The second-order valence-electron chi connectivity index (χ2n) is 9.91. The molecule has 0 amide bonds. The summed E-state index contributed by atoms with van der Waals surface area (Å²) < 4.78 is 11.4. The molecule has 0 spiro atoms. The van der Waals surface area contributed by atoms with Crippen molar-refractivity contribution in [2.45, 2.75) is 51.4 Å². The van der Waals surface area contributed by atoms with Gasteiger partial charge in [0.1, 0.15) is 0 Å². The Balaban J connectivity index is 0.000000140. The third kappa shape index (κ3) is 2.86. The molecule has 0 aromatic rings. The lowest BCUT2D eigenvalue weighted by Crippen LogP contribution is -3.00. The highest BCUT2D eigenvalue weighted by atomic mass is 35.5. The second kappa shape index (κ2) is 7.68. The predicted octanol–water partition coefficient (Wildman–Crippen LogP) is -5.71. The lowest BCUT2D eigenvalue weighted by atomic mass is 9.60. The molecule has 4 saturated heterocycles. The summed E-state index contributed by atoms with van der Waals surface area (Å²) in [7, 11) is 0. The minimum Gasteiger partial charge on any atom is -1.00 e. The van der Waals surface area contributed by atoms with E-state index in [2.05, 4.69) is 10.6 Å². The maximum Gasteiger partial charge on any atom is 0.0843 e. The molecule has 0 radical (unpaired) electrons. The van der Waals surface area contributed by atoms with E-state index in [1.807, 2.05) is 0 Å². The Morgan fingerprint density at radius 2 is 0.731 bits per heavy atom. The van der Waals surface area contributed by atoms with Crippen molar-refractivity contribution < 1.29 is 44.9 Å². The van der Waals surface area contributed by atoms with Gasteiger partial charge in [-0.25, -0.2) is 0 Å². The molecule has 6 fully saturated rings. The van der Waals surface area contributed by atoms with Gasteiger partial charge in [0, 0.05) is 0 Å². The summed E-state index contributed by atoms with van der Waals surface area (Å²) in [5.74, 6) is 0. The molecule has 4 heterocycles. The van der Waals surface area contributed by atoms with E-state index in [-0.39, 0.29) is 24.8 Å². The van der Waals surface area contributed by atoms with Crippen LogP contribution < -0.4 is 35.4 Å². The van der Waals surface area contributed by atoms with Crippen molar-refractivity contribution in [1.82, 2.24) is 0 Å². The molecule has 2 aliphatic carbocycles. The molecule has 0 unspecified atom stereocenters. The monoisotopic (exact) mass is 406 g/mol. The molecule has 4 aliphatic heterocycles. The number of quaternary nitrogens is 2. The van der Waals surface area contributed by atoms with Crippen LogP contribution in [0.3, 0.4) is 0 Å². The van der Waals surface area contributed by atoms with E-state index in [1.165, 1.54) is 77.5 Å². The summed E-state index contributed by atoms with van der Waals surface area (Å²) in [5, 5.41) is 5.04. The zero-order valence-electron chi connectivity index (χ0n) is 16.0. The Kier molecular flexibility index (Phi) is 6.25. The van der Waals surface area contributed by atoms with Crippen LogP contribution in [-0.4, -0.2) is 52.6 Å². The van der Waals surface area contributed by atoms with Crippen LogP contribution in [0.25, 0.3) is 0 Å². The Labute approximate surface area is 170 Å². The third-order valence-corrected chi connectivity index (χ3v) is 9.03. The molecule has 26 heavy (non-hydrogen) atoms. The Hall–Kier alpha value is 0.420. The van der Waals surface area contributed by atoms with E-state index in [0.717, 1.165) is 26.4 Å². The number of hydrogen-bond acceptors (Lipinski definition) is 2. The van der Waals surface area contributed by atoms with Gasteiger partial charge in [-0.05, 0) is 25.7 Å². The molecule has 0 bridgehead atoms. The summed E-state index contributed by atoms with van der Waals surface area (Å²) >= 11 is 0. The van der Waals surface area contributed by atoms with Crippen LogP contribution in [0.15, 0.2) is 0 Å². The quantitative estimate of drug-likeness (QED) is 0.421. The summed E-state index contributed by atoms with van der Waals surface area (Å²) in [4.78, 5) is 0. The van der Waals surface area contributed by atoms with E-state index in [9.17, 15) is 0 Å². The molecular formula is C20H36Cl2N2O2. The lowest BCUT2D eigenvalue weighted by molar-refractivity contribution is -0.646. The number of hydrogen-bond donors (Lipinski definition) is 2. The van der Waals surface area contributed by atoms with Gasteiger partial charge in [-0.2, -0.15) is 0 Å². The fourth-order valence-electron chi connectivity index (χ4n) is 7.46. The molecule has 4 atom stereocenters. The van der Waals surface area contributed by atoms with Crippen molar-refractivity contribution in [1.29, 1.82) is 0 Å². The van der Waals surface area contributed by atoms with Crippen molar-refractivity contribution in [2.75, 3.05) is 52.6 Å². The van der Waals surface area contributed by atoms with Gasteiger partial charge in [0.2, 0.25) is 0 Å². The molecule has 152 valence electrons. The SMILES string of the molecule is C1CC[C@]23C[NH2+]C[C@@]2(C1)COC3.C1CC[C@]23C[NH2+]C[C@@]2(C1)COC3.[Cl-].[Cl-]. The minimum atomic E-state index is 0. The first-order chi connectivity index (χ1) is 11.7. The summed E-state index contributed by atoms with van der Waals surface area (Å²) in [6, 6.07) is 0. The zero-order valence-corrected chi connectivity index (χ0v) is 17.6. The molecule has 4 N–H and O–H groups in total. The largest absolute Gasteiger partial charge is 1.00 e. The maximum atomic E-state index is 5.72. The van der Waals surface area contributed by atoms with E-state index < -0.39 is 0 Å². The minimum absolute atomic E-state index is 0. The summed E-state index contributed by atoms with van der Waals surface area (Å²) in [5.41, 5.74) is 2.41. The number of ether oxygens (including phenoxy) is 2. The Bertz CT molecular complexity index is 398. The van der Waals surface area contributed by atoms with Crippen LogP contribution in [0.4, 0.5) is 0 Å². The van der Waals surface area contributed by atoms with Crippen LogP contribution in [-0.2, 0) is 9.47 Å². The average molecular weight is 407 g/mol. The second-order valence-corrected chi connectivity index (χ2v) is 9.91. The van der Waals surface area contributed by atoms with Gasteiger partial charge in [-0.3, -0.25) is 0 Å². The fraction of sp³-hybridized carbons (Fsp3) is 1.00. The van der Waals surface area contributed by atoms with Gasteiger partial charge in [-0.15, -0.1) is 0 Å². The smallest absolute Gasteiger partial charge is 0.0843 e. The van der Waals surface area contributed by atoms with E-state index in [1.54, 1.807) is 0 Å². The first kappa shape index (κ1) is 21.1. The van der Waals surface area contributed by atoms with Crippen molar-refractivity contribution in [3.05, 3.63) is 0 Å². The Morgan fingerprint density at radius 1 is 0.462 bits per heavy atom. The molecule has 0 aromatic carbocycles. The number of rotatable bonds is 0. The van der Waals surface area contributed by atoms with Gasteiger partial charge >= 0.3 is 0 Å². The van der Waals surface area contributed by atoms with E-state index in [0.29, 0.717) is 21.7 Å². The molecule has 0 aromatic heterocycles. The molecule has 6 heteroatoms. The van der Waals surface area contributed by atoms with Gasteiger partial charge in [0.05, 0.1) is 74.3 Å². The van der Waals surface area contributed by atoms with Crippen LogP contribution in [0, 0.1) is 21.7 Å². The van der Waals surface area contributed by atoms with Crippen LogP contribution in [0.2, 0.25) is 0 Å².